The summed E-state index contributed by atoms with van der Waals surface area (Å²) in [6.07, 6.45) is 1.41. The molecule has 0 atom stereocenters. The maximum Gasteiger partial charge on any atom is 0.340 e. The van der Waals surface area contributed by atoms with Crippen LogP contribution in [0.3, 0.4) is 0 Å². The number of benzene rings is 1. The molecule has 4 nitrogen and oxygen atoms in total. The predicted octanol–water partition coefficient (Wildman–Crippen LogP) is 3.05. The van der Waals surface area contributed by atoms with Crippen LogP contribution < -0.4 is 5.73 Å². The van der Waals surface area contributed by atoms with Crippen LogP contribution >= 0.6 is 0 Å². The molecular formula is C15H18N2O2. The molecule has 4 heteroatoms. The molecule has 0 amide bonds. The maximum absolute atomic E-state index is 11.6. The monoisotopic (exact) mass is 258 g/mol. The quantitative estimate of drug-likeness (QED) is 0.859. The van der Waals surface area contributed by atoms with Crippen LogP contribution in [0.2, 0.25) is 0 Å². The summed E-state index contributed by atoms with van der Waals surface area (Å²) in [6, 6.07) is 12.7. The summed E-state index contributed by atoms with van der Waals surface area (Å²) in [5.41, 5.74) is 6.78. The molecule has 2 N–H and O–H groups in total. The van der Waals surface area contributed by atoms with Gasteiger partial charge in [0.05, 0.1) is 5.56 Å². The third kappa shape index (κ3) is 4.79. The van der Waals surface area contributed by atoms with E-state index in [2.05, 4.69) is 4.98 Å². The third-order valence-electron chi connectivity index (χ3n) is 2.23. The standard InChI is InChI=1S/C13H12N2O2.C2H6/c14-12-7-6-11(8-15-12)13(16)17-9-10-4-2-1-3-5-10;1-2/h1-8H,9H2,(H2,14,15);1-2H3. The molecule has 1 aromatic heterocycles. The second-order valence-electron chi connectivity index (χ2n) is 3.53. The highest BCUT2D eigenvalue weighted by Crippen LogP contribution is 2.06. The Morgan fingerprint density at radius 3 is 2.42 bits per heavy atom. The number of carbonyl (C=O) groups excluding carboxylic acids is 1. The molecule has 2 rings (SSSR count). The number of ether oxygens (including phenoxy) is 1. The number of pyridine rings is 1. The van der Waals surface area contributed by atoms with Crippen molar-refractivity contribution in [1.29, 1.82) is 0 Å². The lowest BCUT2D eigenvalue weighted by molar-refractivity contribution is 0.0472. The Bertz CT molecular complexity index is 495. The Hall–Kier alpha value is -2.36. The van der Waals surface area contributed by atoms with Gasteiger partial charge < -0.3 is 10.5 Å². The van der Waals surface area contributed by atoms with E-state index in [0.717, 1.165) is 5.56 Å². The molecule has 0 saturated carbocycles. The second kappa shape index (κ2) is 7.87. The first kappa shape index (κ1) is 14.7. The first-order chi connectivity index (χ1) is 9.25. The Morgan fingerprint density at radius 1 is 1.16 bits per heavy atom. The van der Waals surface area contributed by atoms with E-state index in [1.807, 2.05) is 44.2 Å². The van der Waals surface area contributed by atoms with Crippen LogP contribution in [0.25, 0.3) is 0 Å². The molecular weight excluding hydrogens is 240 g/mol. The fraction of sp³-hybridized carbons (Fsp3) is 0.200. The van der Waals surface area contributed by atoms with Crippen molar-refractivity contribution >= 4 is 11.8 Å². The Labute approximate surface area is 113 Å². The predicted molar refractivity (Wildman–Crippen MR) is 75.6 cm³/mol. The zero-order chi connectivity index (χ0) is 14.1. The number of nitrogen functional groups attached to an aromatic ring is 1. The molecule has 0 radical (unpaired) electrons. The SMILES string of the molecule is CC.Nc1ccc(C(=O)OCc2ccccc2)cn1. The van der Waals surface area contributed by atoms with Gasteiger partial charge in [-0.2, -0.15) is 0 Å². The van der Waals surface area contributed by atoms with E-state index in [1.165, 1.54) is 6.20 Å². The third-order valence-corrected chi connectivity index (χ3v) is 2.23. The zero-order valence-corrected chi connectivity index (χ0v) is 11.2. The van der Waals surface area contributed by atoms with Crippen molar-refractivity contribution in [1.82, 2.24) is 4.98 Å². The lowest BCUT2D eigenvalue weighted by Crippen LogP contribution is -2.06. The van der Waals surface area contributed by atoms with Crippen LogP contribution in [0.1, 0.15) is 29.8 Å². The Morgan fingerprint density at radius 2 is 1.84 bits per heavy atom. The summed E-state index contributed by atoms with van der Waals surface area (Å²) in [4.78, 5) is 15.5. The first-order valence-corrected chi connectivity index (χ1v) is 6.18. The van der Waals surface area contributed by atoms with E-state index < -0.39 is 5.97 Å². The van der Waals surface area contributed by atoms with Crippen molar-refractivity contribution in [2.45, 2.75) is 20.5 Å². The van der Waals surface area contributed by atoms with Gasteiger partial charge in [0.2, 0.25) is 0 Å². The van der Waals surface area contributed by atoms with Gasteiger partial charge in [0.25, 0.3) is 0 Å². The first-order valence-electron chi connectivity index (χ1n) is 6.18. The van der Waals surface area contributed by atoms with Crippen LogP contribution in [-0.2, 0) is 11.3 Å². The summed E-state index contributed by atoms with van der Waals surface area (Å²) in [7, 11) is 0. The second-order valence-corrected chi connectivity index (χ2v) is 3.53. The zero-order valence-electron chi connectivity index (χ0n) is 11.2. The molecule has 100 valence electrons. The van der Waals surface area contributed by atoms with Gasteiger partial charge in [-0.25, -0.2) is 9.78 Å². The smallest absolute Gasteiger partial charge is 0.340 e. The number of esters is 1. The number of carbonyl (C=O) groups is 1. The molecule has 0 fully saturated rings. The molecule has 2 aromatic rings. The van der Waals surface area contributed by atoms with Crippen molar-refractivity contribution in [3.63, 3.8) is 0 Å². The average molecular weight is 258 g/mol. The van der Waals surface area contributed by atoms with Crippen LogP contribution in [0.4, 0.5) is 5.82 Å². The van der Waals surface area contributed by atoms with E-state index >= 15 is 0 Å². The number of hydrogen-bond donors (Lipinski definition) is 1. The molecule has 0 saturated heterocycles. The number of rotatable bonds is 3. The number of anilines is 1. The van der Waals surface area contributed by atoms with Gasteiger partial charge in [0, 0.05) is 6.20 Å². The minimum absolute atomic E-state index is 0.254. The van der Waals surface area contributed by atoms with E-state index in [0.29, 0.717) is 11.4 Å². The largest absolute Gasteiger partial charge is 0.457 e. The van der Waals surface area contributed by atoms with E-state index in [4.69, 9.17) is 10.5 Å². The number of aromatic nitrogens is 1. The minimum atomic E-state index is -0.402. The van der Waals surface area contributed by atoms with Crippen molar-refractivity contribution in [2.24, 2.45) is 0 Å². The highest BCUT2D eigenvalue weighted by Gasteiger charge is 2.07. The lowest BCUT2D eigenvalue weighted by Gasteiger charge is -2.04. The van der Waals surface area contributed by atoms with E-state index in [-0.39, 0.29) is 6.61 Å². The summed E-state index contributed by atoms with van der Waals surface area (Å²) in [5, 5.41) is 0. The van der Waals surface area contributed by atoms with Crippen LogP contribution in [0.15, 0.2) is 48.7 Å². The number of hydrogen-bond acceptors (Lipinski definition) is 4. The molecule has 0 unspecified atom stereocenters. The van der Waals surface area contributed by atoms with Crippen molar-refractivity contribution in [3.8, 4) is 0 Å². The highest BCUT2D eigenvalue weighted by molar-refractivity contribution is 5.89. The fourth-order valence-corrected chi connectivity index (χ4v) is 1.33. The summed E-state index contributed by atoms with van der Waals surface area (Å²) < 4.78 is 5.13. The summed E-state index contributed by atoms with van der Waals surface area (Å²) >= 11 is 0. The summed E-state index contributed by atoms with van der Waals surface area (Å²) in [6.45, 7) is 4.25. The fourth-order valence-electron chi connectivity index (χ4n) is 1.33. The normalized spacial score (nSPS) is 9.16. The van der Waals surface area contributed by atoms with Crippen LogP contribution in [0, 0.1) is 0 Å². The van der Waals surface area contributed by atoms with Gasteiger partial charge in [-0.15, -0.1) is 0 Å². The van der Waals surface area contributed by atoms with Gasteiger partial charge in [0.1, 0.15) is 12.4 Å². The molecule has 1 heterocycles. The van der Waals surface area contributed by atoms with Gasteiger partial charge in [-0.1, -0.05) is 44.2 Å². The Kier molecular flexibility index (Phi) is 6.09. The van der Waals surface area contributed by atoms with Crippen molar-refractivity contribution in [3.05, 3.63) is 59.8 Å². The van der Waals surface area contributed by atoms with Crippen molar-refractivity contribution in [2.75, 3.05) is 5.73 Å². The molecule has 0 bridgehead atoms. The number of nitrogens with zero attached hydrogens (tertiary/aromatic N) is 1. The number of nitrogens with two attached hydrogens (primary N) is 1. The van der Waals surface area contributed by atoms with E-state index in [9.17, 15) is 4.79 Å². The average Bonchev–Trinajstić information content (AvgIpc) is 2.49. The lowest BCUT2D eigenvalue weighted by atomic mass is 10.2. The van der Waals surface area contributed by atoms with Gasteiger partial charge in [-0.05, 0) is 17.7 Å². The van der Waals surface area contributed by atoms with Gasteiger partial charge >= 0.3 is 5.97 Å². The molecule has 0 spiro atoms. The highest BCUT2D eigenvalue weighted by atomic mass is 16.5. The van der Waals surface area contributed by atoms with Gasteiger partial charge in [-0.3, -0.25) is 0 Å². The minimum Gasteiger partial charge on any atom is -0.457 e. The van der Waals surface area contributed by atoms with Crippen molar-refractivity contribution < 1.29 is 9.53 Å². The van der Waals surface area contributed by atoms with Crippen LogP contribution in [-0.4, -0.2) is 11.0 Å². The van der Waals surface area contributed by atoms with Crippen LogP contribution in [0.5, 0.6) is 0 Å². The van der Waals surface area contributed by atoms with Gasteiger partial charge in [0.15, 0.2) is 0 Å². The summed E-state index contributed by atoms with van der Waals surface area (Å²) in [5.74, 6) is -0.0223. The molecule has 0 aliphatic heterocycles. The Balaban J connectivity index is 0.000000861. The topological polar surface area (TPSA) is 65.2 Å². The molecule has 0 aliphatic carbocycles. The molecule has 1 aromatic carbocycles. The maximum atomic E-state index is 11.6. The molecule has 0 aliphatic rings. The van der Waals surface area contributed by atoms with E-state index in [1.54, 1.807) is 12.1 Å². The molecule has 19 heavy (non-hydrogen) atoms.